The summed E-state index contributed by atoms with van der Waals surface area (Å²) in [5.74, 6) is -1.37. The van der Waals surface area contributed by atoms with Crippen LogP contribution < -0.4 is 0 Å². The molecule has 1 N–H and O–H groups in total. The smallest absolute Gasteiger partial charge is 0.326 e. The number of rotatable bonds is 3. The molecule has 0 aromatic carbocycles. The van der Waals surface area contributed by atoms with Gasteiger partial charge in [0, 0.05) is 19.4 Å². The summed E-state index contributed by atoms with van der Waals surface area (Å²) in [6.45, 7) is 3.29. The molecule has 0 aliphatic carbocycles. The number of hydrogen-bond donors (Lipinski definition) is 1. The van der Waals surface area contributed by atoms with Crippen molar-refractivity contribution in [2.24, 2.45) is 0 Å². The number of likely N-dealkylation sites (N-methyl/N-ethyl adjacent to an activating group) is 1. The lowest BCUT2D eigenvalue weighted by Crippen LogP contribution is -2.40. The van der Waals surface area contributed by atoms with Crippen LogP contribution in [-0.2, 0) is 4.79 Å². The number of pyridine rings is 1. The van der Waals surface area contributed by atoms with Crippen LogP contribution in [0.25, 0.3) is 0 Å². The number of aryl methyl sites for hydroxylation is 1. The summed E-state index contributed by atoms with van der Waals surface area (Å²) >= 11 is 0. The lowest BCUT2D eigenvalue weighted by Gasteiger charge is -2.21. The zero-order chi connectivity index (χ0) is 12.3. The molecule has 0 bridgehead atoms. The average molecular weight is 222 g/mol. The molecule has 1 atom stereocenters. The van der Waals surface area contributed by atoms with Gasteiger partial charge in [-0.05, 0) is 25.5 Å². The van der Waals surface area contributed by atoms with E-state index in [0.717, 1.165) is 5.56 Å². The van der Waals surface area contributed by atoms with Crippen molar-refractivity contribution >= 4 is 11.9 Å². The molecule has 1 aromatic heterocycles. The number of carboxylic acid groups (broad SMARTS) is 1. The zero-order valence-corrected chi connectivity index (χ0v) is 9.47. The van der Waals surface area contributed by atoms with Crippen molar-refractivity contribution in [2.45, 2.75) is 19.9 Å². The summed E-state index contributed by atoms with van der Waals surface area (Å²) in [4.78, 5) is 27.7. The molecule has 1 aromatic rings. The average Bonchev–Trinajstić information content (AvgIpc) is 2.26. The van der Waals surface area contributed by atoms with Gasteiger partial charge in [0.15, 0.2) is 0 Å². The van der Waals surface area contributed by atoms with Crippen LogP contribution in [0.1, 0.15) is 22.8 Å². The zero-order valence-electron chi connectivity index (χ0n) is 9.47. The monoisotopic (exact) mass is 222 g/mol. The molecule has 5 nitrogen and oxygen atoms in total. The van der Waals surface area contributed by atoms with Crippen LogP contribution in [0.5, 0.6) is 0 Å². The van der Waals surface area contributed by atoms with Crippen molar-refractivity contribution in [3.63, 3.8) is 0 Å². The van der Waals surface area contributed by atoms with Crippen LogP contribution in [0.15, 0.2) is 18.5 Å². The summed E-state index contributed by atoms with van der Waals surface area (Å²) in [7, 11) is 1.46. The molecule has 0 radical (unpaired) electrons. The molecule has 1 unspecified atom stereocenters. The van der Waals surface area contributed by atoms with Gasteiger partial charge in [0.05, 0.1) is 5.56 Å². The van der Waals surface area contributed by atoms with Gasteiger partial charge in [-0.3, -0.25) is 9.78 Å². The van der Waals surface area contributed by atoms with Crippen LogP contribution in [-0.4, -0.2) is 40.0 Å². The number of aliphatic carboxylic acids is 1. The molecule has 1 rings (SSSR count). The third-order valence-electron chi connectivity index (χ3n) is 2.38. The molecule has 5 heteroatoms. The first kappa shape index (κ1) is 12.2. The van der Waals surface area contributed by atoms with E-state index in [1.165, 1.54) is 25.1 Å². The van der Waals surface area contributed by atoms with Crippen LogP contribution in [0.4, 0.5) is 0 Å². The Hall–Kier alpha value is -1.91. The Morgan fingerprint density at radius 3 is 2.56 bits per heavy atom. The van der Waals surface area contributed by atoms with Gasteiger partial charge in [-0.2, -0.15) is 0 Å². The Labute approximate surface area is 93.7 Å². The Balaban J connectivity index is 2.90. The van der Waals surface area contributed by atoms with Gasteiger partial charge in [0.2, 0.25) is 0 Å². The fraction of sp³-hybridized carbons (Fsp3) is 0.364. The van der Waals surface area contributed by atoms with Gasteiger partial charge in [0.25, 0.3) is 5.91 Å². The van der Waals surface area contributed by atoms with E-state index in [4.69, 9.17) is 5.11 Å². The molecule has 16 heavy (non-hydrogen) atoms. The molecule has 0 saturated heterocycles. The van der Waals surface area contributed by atoms with E-state index in [9.17, 15) is 9.59 Å². The Kier molecular flexibility index (Phi) is 3.60. The first-order valence-electron chi connectivity index (χ1n) is 4.85. The fourth-order valence-corrected chi connectivity index (χ4v) is 1.22. The van der Waals surface area contributed by atoms with Crippen LogP contribution in [0.2, 0.25) is 0 Å². The van der Waals surface area contributed by atoms with E-state index in [0.29, 0.717) is 5.56 Å². The molecule has 0 aliphatic heterocycles. The highest BCUT2D eigenvalue weighted by atomic mass is 16.4. The minimum absolute atomic E-state index is 0.342. The second-order valence-electron chi connectivity index (χ2n) is 3.68. The summed E-state index contributed by atoms with van der Waals surface area (Å²) in [5.41, 5.74) is 1.26. The number of hydrogen-bond acceptors (Lipinski definition) is 3. The third kappa shape index (κ3) is 2.56. The van der Waals surface area contributed by atoms with Crippen LogP contribution >= 0.6 is 0 Å². The highest BCUT2D eigenvalue weighted by Crippen LogP contribution is 2.07. The number of carbonyl (C=O) groups is 2. The van der Waals surface area contributed by atoms with E-state index in [2.05, 4.69) is 4.98 Å². The van der Waals surface area contributed by atoms with Crippen LogP contribution in [0.3, 0.4) is 0 Å². The summed E-state index contributed by atoms with van der Waals surface area (Å²) in [6, 6.07) is 0.827. The molecule has 1 heterocycles. The summed E-state index contributed by atoms with van der Waals surface area (Å²) < 4.78 is 0. The van der Waals surface area contributed by atoms with Gasteiger partial charge in [-0.15, -0.1) is 0 Å². The van der Waals surface area contributed by atoms with E-state index < -0.39 is 12.0 Å². The number of amides is 1. The van der Waals surface area contributed by atoms with Gasteiger partial charge < -0.3 is 10.0 Å². The van der Waals surface area contributed by atoms with Gasteiger partial charge in [-0.1, -0.05) is 0 Å². The van der Waals surface area contributed by atoms with Crippen LogP contribution in [0, 0.1) is 6.92 Å². The van der Waals surface area contributed by atoms with Gasteiger partial charge >= 0.3 is 5.97 Å². The molecule has 0 spiro atoms. The molecular weight excluding hydrogens is 208 g/mol. The van der Waals surface area contributed by atoms with E-state index >= 15 is 0 Å². The Morgan fingerprint density at radius 2 is 2.06 bits per heavy atom. The van der Waals surface area contributed by atoms with E-state index in [1.54, 1.807) is 12.3 Å². The largest absolute Gasteiger partial charge is 0.480 e. The number of nitrogens with zero attached hydrogens (tertiary/aromatic N) is 2. The first-order chi connectivity index (χ1) is 7.43. The maximum atomic E-state index is 11.9. The molecule has 86 valence electrons. The van der Waals surface area contributed by atoms with Crippen molar-refractivity contribution in [3.05, 3.63) is 29.6 Å². The van der Waals surface area contributed by atoms with Gasteiger partial charge in [-0.25, -0.2) is 4.79 Å². The SMILES string of the molecule is Cc1cncc(C(=O)N(C)C(C)C(=O)O)c1. The lowest BCUT2D eigenvalue weighted by atomic mass is 10.2. The van der Waals surface area contributed by atoms with Gasteiger partial charge in [0.1, 0.15) is 6.04 Å². The second kappa shape index (κ2) is 4.74. The topological polar surface area (TPSA) is 70.5 Å². The molecule has 0 fully saturated rings. The third-order valence-corrected chi connectivity index (χ3v) is 2.38. The highest BCUT2D eigenvalue weighted by Gasteiger charge is 2.22. The Bertz CT molecular complexity index is 417. The first-order valence-corrected chi connectivity index (χ1v) is 4.85. The Morgan fingerprint density at radius 1 is 1.44 bits per heavy atom. The highest BCUT2D eigenvalue weighted by molar-refractivity contribution is 5.96. The molecule has 1 amide bonds. The minimum Gasteiger partial charge on any atom is -0.480 e. The standard InChI is InChI=1S/C11H14N2O3/c1-7-4-9(6-12-5-7)10(14)13(3)8(2)11(15)16/h4-6,8H,1-3H3,(H,15,16). The second-order valence-corrected chi connectivity index (χ2v) is 3.68. The molecular formula is C11H14N2O3. The van der Waals surface area contributed by atoms with Crippen molar-refractivity contribution in [1.82, 2.24) is 9.88 Å². The minimum atomic E-state index is -1.03. The normalized spacial score (nSPS) is 11.9. The number of carboxylic acids is 1. The van der Waals surface area contributed by atoms with Crippen molar-refractivity contribution < 1.29 is 14.7 Å². The van der Waals surface area contributed by atoms with Crippen molar-refractivity contribution in [2.75, 3.05) is 7.05 Å². The summed E-state index contributed by atoms with van der Waals surface area (Å²) in [6.07, 6.45) is 3.07. The predicted octanol–water partition coefficient (Wildman–Crippen LogP) is 0.935. The number of carbonyl (C=O) groups excluding carboxylic acids is 1. The summed E-state index contributed by atoms with van der Waals surface area (Å²) in [5, 5.41) is 8.79. The van der Waals surface area contributed by atoms with E-state index in [1.807, 2.05) is 6.92 Å². The fourth-order valence-electron chi connectivity index (χ4n) is 1.22. The van der Waals surface area contributed by atoms with E-state index in [-0.39, 0.29) is 5.91 Å². The number of aromatic nitrogens is 1. The maximum Gasteiger partial charge on any atom is 0.326 e. The quantitative estimate of drug-likeness (QED) is 0.826. The molecule has 0 aliphatic rings. The maximum absolute atomic E-state index is 11.9. The van der Waals surface area contributed by atoms with Crippen molar-refractivity contribution in [3.8, 4) is 0 Å². The lowest BCUT2D eigenvalue weighted by molar-refractivity contribution is -0.141. The van der Waals surface area contributed by atoms with Crippen molar-refractivity contribution in [1.29, 1.82) is 0 Å². The molecule has 0 saturated carbocycles. The predicted molar refractivity (Wildman–Crippen MR) is 58.2 cm³/mol.